The minimum Gasteiger partial charge on any atom is -0.508 e. The fourth-order valence-electron chi connectivity index (χ4n) is 1.27. The number of aromatic hydroxyl groups is 2. The Kier molecular flexibility index (Phi) is 4.33. The van der Waals surface area contributed by atoms with Crippen LogP contribution in [-0.2, 0) is 4.79 Å². The number of nitrogens with two attached hydrogens (primary N) is 1. The smallest absolute Gasteiger partial charge is 0.255 e. The summed E-state index contributed by atoms with van der Waals surface area (Å²) in [4.78, 5) is 22.0. The number of benzene rings is 1. The molecule has 0 aromatic heterocycles. The summed E-state index contributed by atoms with van der Waals surface area (Å²) in [5.41, 5.74) is 4.93. The molecule has 0 bridgehead atoms. The van der Waals surface area contributed by atoms with Crippen LogP contribution in [0.5, 0.6) is 11.5 Å². The molecule has 0 aliphatic carbocycles. The number of primary amides is 1. The third-order valence-corrected chi connectivity index (χ3v) is 2.11. The molecule has 1 aromatic carbocycles. The number of hydrogen-bond donors (Lipinski definition) is 4. The van der Waals surface area contributed by atoms with Crippen LogP contribution >= 0.6 is 0 Å². The van der Waals surface area contributed by atoms with Crippen LogP contribution in [0.3, 0.4) is 0 Å². The van der Waals surface area contributed by atoms with Crippen molar-refractivity contribution in [1.29, 1.82) is 0 Å². The summed E-state index contributed by atoms with van der Waals surface area (Å²) >= 11 is 0. The molecule has 92 valence electrons. The maximum Gasteiger partial charge on any atom is 0.255 e. The summed E-state index contributed by atoms with van der Waals surface area (Å²) in [5.74, 6) is -1.26. The van der Waals surface area contributed by atoms with Gasteiger partial charge in [0.15, 0.2) is 0 Å². The van der Waals surface area contributed by atoms with Crippen molar-refractivity contribution in [3.8, 4) is 11.5 Å². The topological polar surface area (TPSA) is 113 Å². The number of carbonyl (C=O) groups excluding carboxylic acids is 2. The van der Waals surface area contributed by atoms with Gasteiger partial charge in [-0.25, -0.2) is 0 Å². The third kappa shape index (κ3) is 4.02. The summed E-state index contributed by atoms with van der Waals surface area (Å²) in [6.45, 7) is 0.275. The van der Waals surface area contributed by atoms with Gasteiger partial charge in [0.2, 0.25) is 5.91 Å². The Morgan fingerprint density at radius 1 is 1.29 bits per heavy atom. The normalized spacial score (nSPS) is 9.88. The SMILES string of the molecule is NC(=O)CCCNC(=O)c1cc(O)ccc1O. The second kappa shape index (κ2) is 5.74. The van der Waals surface area contributed by atoms with Crippen molar-refractivity contribution in [3.63, 3.8) is 0 Å². The molecule has 2 amide bonds. The van der Waals surface area contributed by atoms with Gasteiger partial charge in [-0.1, -0.05) is 0 Å². The Bertz CT molecular complexity index is 431. The lowest BCUT2D eigenvalue weighted by Gasteiger charge is -2.06. The maximum absolute atomic E-state index is 11.6. The summed E-state index contributed by atoms with van der Waals surface area (Å²) in [5, 5.41) is 21.1. The minimum absolute atomic E-state index is 0.0101. The predicted molar refractivity (Wildman–Crippen MR) is 60.5 cm³/mol. The van der Waals surface area contributed by atoms with Crippen molar-refractivity contribution >= 4 is 11.8 Å². The van der Waals surface area contributed by atoms with Gasteiger partial charge in [-0.2, -0.15) is 0 Å². The molecule has 0 spiro atoms. The Morgan fingerprint density at radius 3 is 2.65 bits per heavy atom. The van der Waals surface area contributed by atoms with Crippen molar-refractivity contribution in [1.82, 2.24) is 5.32 Å². The van der Waals surface area contributed by atoms with Gasteiger partial charge in [-0.3, -0.25) is 9.59 Å². The second-order valence-corrected chi connectivity index (χ2v) is 3.53. The molecule has 1 rings (SSSR count). The van der Waals surface area contributed by atoms with E-state index in [9.17, 15) is 19.8 Å². The quantitative estimate of drug-likeness (QED) is 0.430. The van der Waals surface area contributed by atoms with Gasteiger partial charge in [0.1, 0.15) is 11.5 Å². The predicted octanol–water partition coefficient (Wildman–Crippen LogP) is 0.0931. The monoisotopic (exact) mass is 238 g/mol. The highest BCUT2D eigenvalue weighted by molar-refractivity contribution is 5.97. The van der Waals surface area contributed by atoms with Crippen LogP contribution in [0.1, 0.15) is 23.2 Å². The Hall–Kier alpha value is -2.24. The lowest BCUT2D eigenvalue weighted by molar-refractivity contribution is -0.118. The van der Waals surface area contributed by atoms with Gasteiger partial charge < -0.3 is 21.3 Å². The average molecular weight is 238 g/mol. The maximum atomic E-state index is 11.6. The first-order valence-electron chi connectivity index (χ1n) is 5.09. The summed E-state index contributed by atoms with van der Waals surface area (Å²) in [6.07, 6.45) is 0.618. The molecule has 0 aliphatic heterocycles. The summed E-state index contributed by atoms with van der Waals surface area (Å²) < 4.78 is 0. The van der Waals surface area contributed by atoms with Crippen LogP contribution in [0.4, 0.5) is 0 Å². The molecule has 6 nitrogen and oxygen atoms in total. The second-order valence-electron chi connectivity index (χ2n) is 3.53. The van der Waals surface area contributed by atoms with Crippen molar-refractivity contribution in [3.05, 3.63) is 23.8 Å². The highest BCUT2D eigenvalue weighted by Gasteiger charge is 2.11. The first-order valence-corrected chi connectivity index (χ1v) is 5.09. The third-order valence-electron chi connectivity index (χ3n) is 2.11. The van der Waals surface area contributed by atoms with Crippen LogP contribution in [0.15, 0.2) is 18.2 Å². The number of carbonyl (C=O) groups is 2. The van der Waals surface area contributed by atoms with E-state index in [0.717, 1.165) is 0 Å². The first kappa shape index (κ1) is 12.8. The number of phenols is 2. The van der Waals surface area contributed by atoms with E-state index in [-0.39, 0.29) is 30.0 Å². The number of amides is 2. The molecule has 0 saturated carbocycles. The van der Waals surface area contributed by atoms with E-state index in [1.807, 2.05) is 0 Å². The van der Waals surface area contributed by atoms with Crippen LogP contribution in [0.2, 0.25) is 0 Å². The largest absolute Gasteiger partial charge is 0.508 e. The Balaban J connectivity index is 2.52. The fourth-order valence-corrected chi connectivity index (χ4v) is 1.27. The van der Waals surface area contributed by atoms with Crippen LogP contribution < -0.4 is 11.1 Å². The number of phenolic OH excluding ortho intramolecular Hbond substituents is 2. The van der Waals surface area contributed by atoms with Crippen LogP contribution in [0, 0.1) is 0 Å². The molecule has 0 saturated heterocycles. The van der Waals surface area contributed by atoms with Gasteiger partial charge in [0.25, 0.3) is 5.91 Å². The van der Waals surface area contributed by atoms with E-state index in [2.05, 4.69) is 5.32 Å². The molecular formula is C11H14N2O4. The van der Waals surface area contributed by atoms with E-state index in [1.165, 1.54) is 18.2 Å². The highest BCUT2D eigenvalue weighted by atomic mass is 16.3. The van der Waals surface area contributed by atoms with E-state index in [4.69, 9.17) is 5.73 Å². The van der Waals surface area contributed by atoms with E-state index in [0.29, 0.717) is 6.42 Å². The number of hydrogen-bond acceptors (Lipinski definition) is 4. The van der Waals surface area contributed by atoms with Crippen molar-refractivity contribution in [2.24, 2.45) is 5.73 Å². The molecule has 0 radical (unpaired) electrons. The van der Waals surface area contributed by atoms with Crippen molar-refractivity contribution in [2.45, 2.75) is 12.8 Å². The molecule has 0 aliphatic rings. The van der Waals surface area contributed by atoms with E-state index < -0.39 is 11.8 Å². The van der Waals surface area contributed by atoms with Crippen LogP contribution in [0.25, 0.3) is 0 Å². The fraction of sp³-hybridized carbons (Fsp3) is 0.273. The number of nitrogens with one attached hydrogen (secondary N) is 1. The van der Waals surface area contributed by atoms with Crippen LogP contribution in [-0.4, -0.2) is 28.6 Å². The Morgan fingerprint density at radius 2 is 2.00 bits per heavy atom. The summed E-state index contributed by atoms with van der Waals surface area (Å²) in [6, 6.07) is 3.67. The van der Waals surface area contributed by atoms with Gasteiger partial charge in [0, 0.05) is 13.0 Å². The molecule has 17 heavy (non-hydrogen) atoms. The first-order chi connectivity index (χ1) is 8.00. The molecule has 1 aromatic rings. The van der Waals surface area contributed by atoms with Gasteiger partial charge in [-0.05, 0) is 24.6 Å². The number of rotatable bonds is 5. The van der Waals surface area contributed by atoms with Crippen molar-refractivity contribution in [2.75, 3.05) is 6.54 Å². The average Bonchev–Trinajstić information content (AvgIpc) is 2.27. The zero-order chi connectivity index (χ0) is 12.8. The minimum atomic E-state index is -0.511. The zero-order valence-electron chi connectivity index (χ0n) is 9.14. The zero-order valence-corrected chi connectivity index (χ0v) is 9.14. The van der Waals surface area contributed by atoms with Gasteiger partial charge in [0.05, 0.1) is 5.56 Å². The van der Waals surface area contributed by atoms with E-state index in [1.54, 1.807) is 0 Å². The molecule has 6 heteroatoms. The molecule has 0 heterocycles. The summed E-state index contributed by atoms with van der Waals surface area (Å²) in [7, 11) is 0. The lowest BCUT2D eigenvalue weighted by atomic mass is 10.1. The highest BCUT2D eigenvalue weighted by Crippen LogP contribution is 2.21. The molecule has 0 unspecified atom stereocenters. The van der Waals surface area contributed by atoms with Gasteiger partial charge in [-0.15, -0.1) is 0 Å². The van der Waals surface area contributed by atoms with Crippen molar-refractivity contribution < 1.29 is 19.8 Å². The Labute approximate surface area is 98.1 Å². The molecular weight excluding hydrogens is 224 g/mol. The lowest BCUT2D eigenvalue weighted by Crippen LogP contribution is -2.25. The van der Waals surface area contributed by atoms with Gasteiger partial charge >= 0.3 is 0 Å². The standard InChI is InChI=1S/C11H14N2O4/c12-10(16)2-1-5-13-11(17)8-6-7(14)3-4-9(8)15/h3-4,6,14-15H,1-2,5H2,(H2,12,16)(H,13,17). The van der Waals surface area contributed by atoms with E-state index >= 15 is 0 Å². The molecule has 0 fully saturated rings. The molecule has 0 atom stereocenters. The molecule has 5 N–H and O–H groups in total.